The maximum atomic E-state index is 12.9. The number of piperazine rings is 1. The van der Waals surface area contributed by atoms with Crippen LogP contribution in [0.15, 0.2) is 67.3 Å². The Bertz CT molecular complexity index is 894. The average Bonchev–Trinajstić information content (AvgIpc) is 2.75. The molecule has 0 bridgehead atoms. The predicted molar refractivity (Wildman–Crippen MR) is 126 cm³/mol. The third kappa shape index (κ3) is 5.83. The molecular formula is C26H33N3O. The van der Waals surface area contributed by atoms with Crippen molar-refractivity contribution < 1.29 is 4.79 Å². The molecule has 2 amide bonds. The van der Waals surface area contributed by atoms with E-state index in [-0.39, 0.29) is 6.03 Å². The highest BCUT2D eigenvalue weighted by atomic mass is 16.2. The summed E-state index contributed by atoms with van der Waals surface area (Å²) < 4.78 is 0. The van der Waals surface area contributed by atoms with E-state index in [2.05, 4.69) is 59.3 Å². The van der Waals surface area contributed by atoms with Gasteiger partial charge in [-0.25, -0.2) is 4.79 Å². The van der Waals surface area contributed by atoms with E-state index in [4.69, 9.17) is 0 Å². The fraction of sp³-hybridized carbons (Fsp3) is 0.346. The number of benzene rings is 2. The minimum atomic E-state index is -0.446. The second-order valence-corrected chi connectivity index (χ2v) is 8.52. The van der Waals surface area contributed by atoms with Gasteiger partial charge < -0.3 is 10.2 Å². The molecule has 0 saturated carbocycles. The Labute approximate surface area is 180 Å². The first-order valence-corrected chi connectivity index (χ1v) is 10.6. The van der Waals surface area contributed by atoms with E-state index in [0.717, 1.165) is 49.4 Å². The SMILES string of the molecule is C=C(C)c1cccc(C(C)(C)NC(=O)N2CCN(CC=Cc3ccccc3)CC2)c1. The van der Waals surface area contributed by atoms with Gasteiger partial charge in [-0.2, -0.15) is 0 Å². The van der Waals surface area contributed by atoms with E-state index in [9.17, 15) is 4.79 Å². The van der Waals surface area contributed by atoms with E-state index in [1.54, 1.807) is 0 Å². The lowest BCUT2D eigenvalue weighted by atomic mass is 9.92. The molecule has 2 aromatic rings. The summed E-state index contributed by atoms with van der Waals surface area (Å²) in [5.41, 5.74) is 3.98. The number of urea groups is 1. The first-order valence-electron chi connectivity index (χ1n) is 10.6. The molecule has 158 valence electrons. The Hall–Kier alpha value is -2.85. The van der Waals surface area contributed by atoms with Crippen molar-refractivity contribution in [2.45, 2.75) is 26.3 Å². The van der Waals surface area contributed by atoms with Gasteiger partial charge in [0.15, 0.2) is 0 Å². The highest BCUT2D eigenvalue weighted by Gasteiger charge is 2.27. The molecule has 1 aliphatic heterocycles. The van der Waals surface area contributed by atoms with Gasteiger partial charge in [0.2, 0.25) is 0 Å². The van der Waals surface area contributed by atoms with Gasteiger partial charge in [0.1, 0.15) is 0 Å². The number of hydrogen-bond acceptors (Lipinski definition) is 2. The van der Waals surface area contributed by atoms with E-state index < -0.39 is 5.54 Å². The number of nitrogens with one attached hydrogen (secondary N) is 1. The summed E-state index contributed by atoms with van der Waals surface area (Å²) in [6, 6.07) is 18.6. The van der Waals surface area contributed by atoms with Crippen molar-refractivity contribution in [3.05, 3.63) is 83.9 Å². The number of hydrogen-bond donors (Lipinski definition) is 1. The Balaban J connectivity index is 1.50. The fourth-order valence-electron chi connectivity index (χ4n) is 3.63. The van der Waals surface area contributed by atoms with Crippen LogP contribution >= 0.6 is 0 Å². The van der Waals surface area contributed by atoms with Crippen LogP contribution in [0.1, 0.15) is 37.5 Å². The van der Waals surface area contributed by atoms with E-state index >= 15 is 0 Å². The number of amides is 2. The molecule has 3 rings (SSSR count). The number of carbonyl (C=O) groups excluding carboxylic acids is 1. The molecule has 2 aromatic carbocycles. The van der Waals surface area contributed by atoms with Crippen LogP contribution in [0.4, 0.5) is 4.79 Å². The number of carbonyl (C=O) groups is 1. The van der Waals surface area contributed by atoms with Crippen LogP contribution in [0.25, 0.3) is 11.6 Å². The van der Waals surface area contributed by atoms with Crippen LogP contribution in [0, 0.1) is 0 Å². The Morgan fingerprint density at radius 1 is 1.07 bits per heavy atom. The molecule has 4 nitrogen and oxygen atoms in total. The third-order valence-corrected chi connectivity index (χ3v) is 5.63. The maximum Gasteiger partial charge on any atom is 0.318 e. The number of nitrogens with zero attached hydrogens (tertiary/aromatic N) is 2. The van der Waals surface area contributed by atoms with Crippen molar-refractivity contribution in [1.29, 1.82) is 0 Å². The minimum Gasteiger partial charge on any atom is -0.329 e. The lowest BCUT2D eigenvalue weighted by molar-refractivity contribution is 0.140. The van der Waals surface area contributed by atoms with E-state index in [1.807, 2.05) is 49.9 Å². The van der Waals surface area contributed by atoms with Crippen molar-refractivity contribution in [2.24, 2.45) is 0 Å². The molecule has 1 heterocycles. The molecule has 1 fully saturated rings. The number of allylic oxidation sites excluding steroid dienone is 1. The third-order valence-electron chi connectivity index (χ3n) is 5.63. The monoisotopic (exact) mass is 403 g/mol. The second-order valence-electron chi connectivity index (χ2n) is 8.52. The average molecular weight is 404 g/mol. The van der Waals surface area contributed by atoms with Crippen LogP contribution in [0.5, 0.6) is 0 Å². The maximum absolute atomic E-state index is 12.9. The molecular weight excluding hydrogens is 370 g/mol. The lowest BCUT2D eigenvalue weighted by Crippen LogP contribution is -2.54. The molecule has 0 aromatic heterocycles. The quantitative estimate of drug-likeness (QED) is 0.737. The van der Waals surface area contributed by atoms with Gasteiger partial charge >= 0.3 is 6.03 Å². The summed E-state index contributed by atoms with van der Waals surface area (Å²) in [7, 11) is 0. The van der Waals surface area contributed by atoms with Crippen LogP contribution in [-0.2, 0) is 5.54 Å². The van der Waals surface area contributed by atoms with Crippen molar-refractivity contribution in [2.75, 3.05) is 32.7 Å². The molecule has 0 spiro atoms. The first kappa shape index (κ1) is 21.8. The topological polar surface area (TPSA) is 35.6 Å². The summed E-state index contributed by atoms with van der Waals surface area (Å²) in [6.45, 7) is 14.3. The normalized spacial score (nSPS) is 15.4. The van der Waals surface area contributed by atoms with Crippen molar-refractivity contribution in [3.63, 3.8) is 0 Å². The number of rotatable bonds is 6. The first-order chi connectivity index (χ1) is 14.3. The van der Waals surface area contributed by atoms with Crippen LogP contribution in [0.3, 0.4) is 0 Å². The van der Waals surface area contributed by atoms with E-state index in [0.29, 0.717) is 0 Å². The van der Waals surface area contributed by atoms with E-state index in [1.165, 1.54) is 5.56 Å². The van der Waals surface area contributed by atoms with Crippen molar-refractivity contribution in [1.82, 2.24) is 15.1 Å². The summed E-state index contributed by atoms with van der Waals surface area (Å²) in [6.07, 6.45) is 4.35. The van der Waals surface area contributed by atoms with Gasteiger partial charge in [-0.1, -0.05) is 72.8 Å². The van der Waals surface area contributed by atoms with Gasteiger partial charge in [-0.3, -0.25) is 4.90 Å². The van der Waals surface area contributed by atoms with Crippen molar-refractivity contribution in [3.8, 4) is 0 Å². The molecule has 0 radical (unpaired) electrons. The summed E-state index contributed by atoms with van der Waals surface area (Å²) >= 11 is 0. The Kier molecular flexibility index (Phi) is 7.11. The largest absolute Gasteiger partial charge is 0.329 e. The highest BCUT2D eigenvalue weighted by molar-refractivity contribution is 5.75. The smallest absolute Gasteiger partial charge is 0.318 e. The molecule has 1 saturated heterocycles. The zero-order chi connectivity index (χ0) is 21.6. The Morgan fingerprint density at radius 3 is 2.43 bits per heavy atom. The summed E-state index contributed by atoms with van der Waals surface area (Å²) in [5, 5.41) is 3.21. The summed E-state index contributed by atoms with van der Waals surface area (Å²) in [5.74, 6) is 0. The second kappa shape index (κ2) is 9.77. The molecule has 4 heteroatoms. The minimum absolute atomic E-state index is 0.000190. The van der Waals surface area contributed by atoms with Gasteiger partial charge in [0.25, 0.3) is 0 Å². The molecule has 0 unspecified atom stereocenters. The van der Waals surface area contributed by atoms with Gasteiger partial charge in [-0.05, 0) is 43.5 Å². The molecule has 30 heavy (non-hydrogen) atoms. The standard InChI is InChI=1S/C26H33N3O/c1-21(2)23-13-8-14-24(20-23)26(3,4)27-25(30)29-18-16-28(17-19-29)15-9-12-22-10-6-5-7-11-22/h5-14,20H,1,15-19H2,2-4H3,(H,27,30). The molecule has 0 atom stereocenters. The fourth-order valence-corrected chi connectivity index (χ4v) is 3.63. The molecule has 0 aliphatic carbocycles. The Morgan fingerprint density at radius 2 is 1.77 bits per heavy atom. The van der Waals surface area contributed by atoms with Gasteiger partial charge in [0.05, 0.1) is 5.54 Å². The molecule has 1 N–H and O–H groups in total. The van der Waals surface area contributed by atoms with Crippen LogP contribution < -0.4 is 5.32 Å². The van der Waals surface area contributed by atoms with Gasteiger partial charge in [-0.15, -0.1) is 0 Å². The van der Waals surface area contributed by atoms with Gasteiger partial charge in [0, 0.05) is 32.7 Å². The lowest BCUT2D eigenvalue weighted by Gasteiger charge is -2.37. The highest BCUT2D eigenvalue weighted by Crippen LogP contribution is 2.24. The van der Waals surface area contributed by atoms with Crippen LogP contribution in [-0.4, -0.2) is 48.6 Å². The predicted octanol–water partition coefficient (Wildman–Crippen LogP) is 5.00. The molecule has 1 aliphatic rings. The van der Waals surface area contributed by atoms with Crippen molar-refractivity contribution >= 4 is 17.7 Å². The summed E-state index contributed by atoms with van der Waals surface area (Å²) in [4.78, 5) is 17.2. The van der Waals surface area contributed by atoms with Crippen LogP contribution in [0.2, 0.25) is 0 Å². The zero-order valence-electron chi connectivity index (χ0n) is 18.4. The zero-order valence-corrected chi connectivity index (χ0v) is 18.4.